The molecule has 4 nitrogen and oxygen atoms in total. The van der Waals surface area contributed by atoms with Gasteiger partial charge in [0.15, 0.2) is 5.96 Å². The van der Waals surface area contributed by atoms with Crippen LogP contribution in [0.4, 0.5) is 4.39 Å². The molecule has 2 aromatic rings. The summed E-state index contributed by atoms with van der Waals surface area (Å²) in [6.45, 7) is 7.71. The first-order chi connectivity index (χ1) is 12.3. The lowest BCUT2D eigenvalue weighted by molar-refractivity contribution is 0.582. The van der Waals surface area contributed by atoms with Gasteiger partial charge in [0.2, 0.25) is 0 Å². The lowest BCUT2D eigenvalue weighted by Gasteiger charge is -2.14. The van der Waals surface area contributed by atoms with Gasteiger partial charge in [0.05, 0.1) is 17.2 Å². The monoisotopic (exact) mass is 522 g/mol. The Kier molecular flexibility index (Phi) is 10.0. The molecule has 1 aromatic heterocycles. The fourth-order valence-corrected chi connectivity index (χ4v) is 3.85. The zero-order chi connectivity index (χ0) is 19.2. The van der Waals surface area contributed by atoms with Gasteiger partial charge in [-0.05, 0) is 29.5 Å². The maximum atomic E-state index is 13.5. The lowest BCUT2D eigenvalue weighted by atomic mass is 9.98. The second kappa shape index (κ2) is 11.2. The summed E-state index contributed by atoms with van der Waals surface area (Å²) in [5.41, 5.74) is 3.16. The minimum Gasteiger partial charge on any atom is -0.352 e. The molecule has 0 saturated heterocycles. The molecule has 1 heterocycles. The topological polar surface area (TPSA) is 49.3 Å². The molecule has 2 rings (SSSR count). The lowest BCUT2D eigenvalue weighted by Crippen LogP contribution is -2.36. The third kappa shape index (κ3) is 7.57. The summed E-state index contributed by atoms with van der Waals surface area (Å²) in [6.07, 6.45) is 2.02. The number of nitrogens with one attached hydrogen (secondary N) is 2. The summed E-state index contributed by atoms with van der Waals surface area (Å²) in [5, 5.41) is 9.79. The summed E-state index contributed by atoms with van der Waals surface area (Å²) < 4.78 is 13.5. The van der Waals surface area contributed by atoms with Crippen LogP contribution in [-0.2, 0) is 24.3 Å². The number of halogens is 2. The van der Waals surface area contributed by atoms with E-state index in [2.05, 4.69) is 46.8 Å². The zero-order valence-electron chi connectivity index (χ0n) is 16.4. The molecule has 0 fully saturated rings. The van der Waals surface area contributed by atoms with E-state index in [1.165, 1.54) is 6.07 Å². The van der Waals surface area contributed by atoms with Crippen molar-refractivity contribution < 1.29 is 4.39 Å². The number of thiazole rings is 1. The number of guanidine groups is 1. The normalized spacial score (nSPS) is 11.9. The third-order valence-electron chi connectivity index (χ3n) is 3.77. The largest absolute Gasteiger partial charge is 0.352 e. The Morgan fingerprint density at radius 1 is 1.22 bits per heavy atom. The van der Waals surface area contributed by atoms with E-state index in [-0.39, 0.29) is 35.2 Å². The van der Waals surface area contributed by atoms with Gasteiger partial charge < -0.3 is 10.6 Å². The molecule has 2 N–H and O–H groups in total. The van der Waals surface area contributed by atoms with Crippen LogP contribution in [0.5, 0.6) is 0 Å². The minimum absolute atomic E-state index is 0. The molecule has 0 aliphatic carbocycles. The number of nitrogens with zero attached hydrogens (tertiary/aromatic N) is 2. The Hall–Kier alpha value is -0.870. The second-order valence-electron chi connectivity index (χ2n) is 7.02. The van der Waals surface area contributed by atoms with E-state index in [9.17, 15) is 4.39 Å². The van der Waals surface area contributed by atoms with E-state index in [0.29, 0.717) is 19.0 Å². The Morgan fingerprint density at radius 2 is 1.93 bits per heavy atom. The van der Waals surface area contributed by atoms with Gasteiger partial charge >= 0.3 is 0 Å². The van der Waals surface area contributed by atoms with Crippen LogP contribution in [-0.4, -0.2) is 24.2 Å². The van der Waals surface area contributed by atoms with Crippen LogP contribution in [0.2, 0.25) is 0 Å². The Bertz CT molecular complexity index is 756. The highest BCUT2D eigenvalue weighted by Gasteiger charge is 2.17. The Balaban J connectivity index is 0.00000364. The van der Waals surface area contributed by atoms with Crippen molar-refractivity contribution in [2.24, 2.45) is 4.99 Å². The number of aliphatic imine (C=N–C) groups is 1. The van der Waals surface area contributed by atoms with Crippen LogP contribution in [0.1, 0.15) is 42.6 Å². The minimum atomic E-state index is -0.196. The SMILES string of the molecule is CN=C(NCc1csc(C(C)(C)C)n1)NCc1ccc(F)cc1CSC.I. The van der Waals surface area contributed by atoms with Crippen molar-refractivity contribution in [2.75, 3.05) is 13.3 Å². The van der Waals surface area contributed by atoms with Crippen molar-refractivity contribution in [3.63, 3.8) is 0 Å². The van der Waals surface area contributed by atoms with E-state index >= 15 is 0 Å². The number of hydrogen-bond acceptors (Lipinski definition) is 4. The summed E-state index contributed by atoms with van der Waals surface area (Å²) in [6, 6.07) is 4.94. The molecule has 0 atom stereocenters. The van der Waals surface area contributed by atoms with Gasteiger partial charge in [0, 0.05) is 30.1 Å². The third-order valence-corrected chi connectivity index (χ3v) is 5.68. The molecule has 0 aliphatic rings. The van der Waals surface area contributed by atoms with Crippen LogP contribution in [0.3, 0.4) is 0 Å². The van der Waals surface area contributed by atoms with Crippen molar-refractivity contribution >= 4 is 53.0 Å². The molecule has 0 spiro atoms. The molecule has 27 heavy (non-hydrogen) atoms. The average molecular weight is 522 g/mol. The zero-order valence-corrected chi connectivity index (χ0v) is 20.4. The fourth-order valence-electron chi connectivity index (χ4n) is 2.36. The molecule has 8 heteroatoms. The van der Waals surface area contributed by atoms with E-state index < -0.39 is 0 Å². The van der Waals surface area contributed by atoms with Crippen LogP contribution in [0.15, 0.2) is 28.6 Å². The highest BCUT2D eigenvalue weighted by Crippen LogP contribution is 2.25. The number of rotatable bonds is 6. The summed E-state index contributed by atoms with van der Waals surface area (Å²) in [4.78, 5) is 8.94. The van der Waals surface area contributed by atoms with E-state index in [1.807, 2.05) is 12.3 Å². The van der Waals surface area contributed by atoms with Gasteiger partial charge in [-0.2, -0.15) is 11.8 Å². The van der Waals surface area contributed by atoms with Crippen molar-refractivity contribution in [1.29, 1.82) is 0 Å². The molecule has 0 saturated carbocycles. The summed E-state index contributed by atoms with van der Waals surface area (Å²) >= 11 is 3.37. The molecule has 0 aliphatic heterocycles. The highest BCUT2D eigenvalue weighted by molar-refractivity contribution is 14.0. The maximum Gasteiger partial charge on any atom is 0.191 e. The van der Waals surface area contributed by atoms with Crippen LogP contribution < -0.4 is 10.6 Å². The molecule has 0 amide bonds. The van der Waals surface area contributed by atoms with Gasteiger partial charge in [-0.3, -0.25) is 4.99 Å². The Labute approximate surface area is 186 Å². The van der Waals surface area contributed by atoms with Crippen molar-refractivity contribution in [2.45, 2.75) is 45.0 Å². The number of hydrogen-bond donors (Lipinski definition) is 2. The van der Waals surface area contributed by atoms with Crippen molar-refractivity contribution in [1.82, 2.24) is 15.6 Å². The molecule has 150 valence electrons. The number of aromatic nitrogens is 1. The van der Waals surface area contributed by atoms with Crippen LogP contribution in [0.25, 0.3) is 0 Å². The number of thioether (sulfide) groups is 1. The van der Waals surface area contributed by atoms with Crippen LogP contribution >= 0.6 is 47.1 Å². The standard InChI is InChI=1S/C19H27FN4S2.HI/c1-19(2,3)17-24-16(12-26-17)10-23-18(21-4)22-9-13-6-7-15(20)8-14(13)11-25-5;/h6-8,12H,9-11H2,1-5H3,(H2,21,22,23);1H. The fraction of sp³-hybridized carbons (Fsp3) is 0.474. The quantitative estimate of drug-likeness (QED) is 0.321. The maximum absolute atomic E-state index is 13.5. The van der Waals surface area contributed by atoms with Gasteiger partial charge in [-0.1, -0.05) is 26.8 Å². The molecule has 1 aromatic carbocycles. The predicted octanol–water partition coefficient (Wildman–Crippen LogP) is 4.93. The van der Waals surface area contributed by atoms with Gasteiger partial charge in [-0.25, -0.2) is 9.37 Å². The second-order valence-corrected chi connectivity index (χ2v) is 8.74. The highest BCUT2D eigenvalue weighted by atomic mass is 127. The average Bonchev–Trinajstić information content (AvgIpc) is 3.06. The van der Waals surface area contributed by atoms with Crippen molar-refractivity contribution in [3.8, 4) is 0 Å². The van der Waals surface area contributed by atoms with Gasteiger partial charge in [0.1, 0.15) is 5.82 Å². The van der Waals surface area contributed by atoms with E-state index in [1.54, 1.807) is 36.2 Å². The van der Waals surface area contributed by atoms with E-state index in [4.69, 9.17) is 0 Å². The molecule has 0 bridgehead atoms. The first-order valence-electron chi connectivity index (χ1n) is 8.49. The van der Waals surface area contributed by atoms with Crippen molar-refractivity contribution in [3.05, 3.63) is 51.2 Å². The smallest absolute Gasteiger partial charge is 0.191 e. The predicted molar refractivity (Wildman–Crippen MR) is 127 cm³/mol. The molecule has 0 unspecified atom stereocenters. The van der Waals surface area contributed by atoms with Crippen LogP contribution in [0, 0.1) is 5.82 Å². The molecular weight excluding hydrogens is 494 g/mol. The van der Waals surface area contributed by atoms with Gasteiger partial charge in [-0.15, -0.1) is 35.3 Å². The summed E-state index contributed by atoms with van der Waals surface area (Å²) in [5.74, 6) is 1.29. The summed E-state index contributed by atoms with van der Waals surface area (Å²) in [7, 11) is 1.74. The Morgan fingerprint density at radius 3 is 2.52 bits per heavy atom. The first kappa shape index (κ1) is 24.2. The number of benzene rings is 1. The molecular formula is C19H28FIN4S2. The van der Waals surface area contributed by atoms with Gasteiger partial charge in [0.25, 0.3) is 0 Å². The first-order valence-corrected chi connectivity index (χ1v) is 10.8. The molecule has 0 radical (unpaired) electrons. The van der Waals surface area contributed by atoms with E-state index in [0.717, 1.165) is 27.6 Å².